The zero-order chi connectivity index (χ0) is 14.2. The van der Waals surface area contributed by atoms with E-state index in [-0.39, 0.29) is 0 Å². The van der Waals surface area contributed by atoms with Crippen molar-refractivity contribution in [1.29, 1.82) is 0 Å². The topological polar surface area (TPSA) is 21.3 Å². The molecule has 2 rings (SSSR count). The van der Waals surface area contributed by atoms with Crippen molar-refractivity contribution < 1.29 is 4.74 Å². The maximum atomic E-state index is 5.57. The van der Waals surface area contributed by atoms with Crippen molar-refractivity contribution in [2.75, 3.05) is 19.8 Å². The van der Waals surface area contributed by atoms with Gasteiger partial charge in [-0.25, -0.2) is 0 Å². The third-order valence-corrected chi connectivity index (χ3v) is 3.61. The maximum Gasteiger partial charge on any atom is 0.0591 e. The minimum Gasteiger partial charge on any atom is -0.380 e. The molecule has 0 aliphatic rings. The normalized spacial score (nSPS) is 12.7. The molecule has 2 nitrogen and oxygen atoms in total. The number of nitrogens with one attached hydrogen (secondary N) is 1. The highest BCUT2D eigenvalue weighted by Crippen LogP contribution is 2.19. The number of fused-ring (bicyclic) bond motifs is 1. The SMILES string of the molecule is CCCCOCCNC(C)c1ccc2ccccc2c1. The van der Waals surface area contributed by atoms with Crippen LogP contribution in [0.3, 0.4) is 0 Å². The Morgan fingerprint density at radius 1 is 1.05 bits per heavy atom. The van der Waals surface area contributed by atoms with Gasteiger partial charge in [-0.1, -0.05) is 49.7 Å². The summed E-state index contributed by atoms with van der Waals surface area (Å²) in [5.41, 5.74) is 1.33. The Labute approximate surface area is 122 Å². The smallest absolute Gasteiger partial charge is 0.0591 e. The summed E-state index contributed by atoms with van der Waals surface area (Å²) in [5.74, 6) is 0. The third kappa shape index (κ3) is 4.32. The zero-order valence-corrected chi connectivity index (χ0v) is 12.6. The predicted molar refractivity (Wildman–Crippen MR) is 86.1 cm³/mol. The zero-order valence-electron chi connectivity index (χ0n) is 12.6. The standard InChI is InChI=1S/C18H25NO/c1-3-4-12-20-13-11-19-15(2)17-10-9-16-7-5-6-8-18(16)14-17/h5-10,14-15,19H,3-4,11-13H2,1-2H3. The van der Waals surface area contributed by atoms with Crippen LogP contribution >= 0.6 is 0 Å². The molecule has 0 fully saturated rings. The molecule has 0 amide bonds. The van der Waals surface area contributed by atoms with E-state index >= 15 is 0 Å². The van der Waals surface area contributed by atoms with E-state index in [1.165, 1.54) is 22.8 Å². The lowest BCUT2D eigenvalue weighted by molar-refractivity contribution is 0.131. The second kappa shape index (κ2) is 8.03. The molecule has 2 aromatic rings. The second-order valence-corrected chi connectivity index (χ2v) is 5.25. The summed E-state index contributed by atoms with van der Waals surface area (Å²) < 4.78 is 5.57. The van der Waals surface area contributed by atoms with Gasteiger partial charge in [0.15, 0.2) is 0 Å². The Kier molecular flexibility index (Phi) is 6.03. The van der Waals surface area contributed by atoms with Crippen LogP contribution in [0.15, 0.2) is 42.5 Å². The van der Waals surface area contributed by atoms with Crippen LogP contribution in [0.4, 0.5) is 0 Å². The van der Waals surface area contributed by atoms with E-state index in [1.54, 1.807) is 0 Å². The van der Waals surface area contributed by atoms with Crippen LogP contribution in [0.2, 0.25) is 0 Å². The molecule has 0 heterocycles. The lowest BCUT2D eigenvalue weighted by Gasteiger charge is -2.15. The minimum atomic E-state index is 0.356. The molecule has 0 saturated heterocycles. The highest BCUT2D eigenvalue weighted by molar-refractivity contribution is 5.83. The first-order valence-corrected chi connectivity index (χ1v) is 7.61. The predicted octanol–water partition coefficient (Wildman–Crippen LogP) is 4.31. The number of ether oxygens (including phenoxy) is 1. The lowest BCUT2D eigenvalue weighted by Crippen LogP contribution is -2.23. The van der Waals surface area contributed by atoms with Gasteiger partial charge in [-0.3, -0.25) is 0 Å². The highest BCUT2D eigenvalue weighted by atomic mass is 16.5. The summed E-state index contributed by atoms with van der Waals surface area (Å²) in [6.45, 7) is 6.96. The quantitative estimate of drug-likeness (QED) is 0.722. The van der Waals surface area contributed by atoms with Crippen LogP contribution < -0.4 is 5.32 Å². The van der Waals surface area contributed by atoms with E-state index in [2.05, 4.69) is 61.6 Å². The minimum absolute atomic E-state index is 0.356. The van der Waals surface area contributed by atoms with Crippen LogP contribution in [0.1, 0.15) is 38.3 Å². The molecule has 1 atom stereocenters. The van der Waals surface area contributed by atoms with Crippen molar-refractivity contribution in [2.45, 2.75) is 32.7 Å². The summed E-state index contributed by atoms with van der Waals surface area (Å²) in [7, 11) is 0. The molecule has 0 aliphatic carbocycles. The van der Waals surface area contributed by atoms with E-state index in [1.807, 2.05) is 0 Å². The molecule has 0 radical (unpaired) electrons. The third-order valence-electron chi connectivity index (χ3n) is 3.61. The van der Waals surface area contributed by atoms with Crippen molar-refractivity contribution in [3.8, 4) is 0 Å². The molecule has 0 aromatic heterocycles. The maximum absolute atomic E-state index is 5.57. The fourth-order valence-electron chi connectivity index (χ4n) is 2.29. The lowest BCUT2D eigenvalue weighted by atomic mass is 10.0. The van der Waals surface area contributed by atoms with Crippen molar-refractivity contribution >= 4 is 10.8 Å². The van der Waals surface area contributed by atoms with Gasteiger partial charge in [-0.05, 0) is 35.7 Å². The van der Waals surface area contributed by atoms with E-state index in [9.17, 15) is 0 Å². The van der Waals surface area contributed by atoms with E-state index < -0.39 is 0 Å². The van der Waals surface area contributed by atoms with Crippen LogP contribution in [0.25, 0.3) is 10.8 Å². The molecule has 2 heteroatoms. The number of hydrogen-bond donors (Lipinski definition) is 1. The van der Waals surface area contributed by atoms with E-state index in [0.29, 0.717) is 6.04 Å². The molecular weight excluding hydrogens is 246 g/mol. The van der Waals surface area contributed by atoms with Gasteiger partial charge in [-0.2, -0.15) is 0 Å². The Balaban J connectivity index is 1.83. The van der Waals surface area contributed by atoms with Gasteiger partial charge >= 0.3 is 0 Å². The Morgan fingerprint density at radius 2 is 1.85 bits per heavy atom. The first-order valence-electron chi connectivity index (χ1n) is 7.61. The number of unbranched alkanes of at least 4 members (excludes halogenated alkanes) is 1. The fourth-order valence-corrected chi connectivity index (χ4v) is 2.29. The molecule has 108 valence electrons. The molecule has 1 unspecified atom stereocenters. The summed E-state index contributed by atoms with van der Waals surface area (Å²) in [6.07, 6.45) is 2.35. The number of rotatable bonds is 8. The van der Waals surface area contributed by atoms with Crippen LogP contribution in [-0.2, 0) is 4.74 Å². The van der Waals surface area contributed by atoms with Gasteiger partial charge in [0, 0.05) is 19.2 Å². The Hall–Kier alpha value is -1.38. The second-order valence-electron chi connectivity index (χ2n) is 5.25. The van der Waals surface area contributed by atoms with Crippen molar-refractivity contribution in [1.82, 2.24) is 5.32 Å². The molecule has 0 aliphatic heterocycles. The average molecular weight is 271 g/mol. The molecule has 1 N–H and O–H groups in total. The molecule has 2 aromatic carbocycles. The summed E-state index contributed by atoms with van der Waals surface area (Å²) >= 11 is 0. The largest absolute Gasteiger partial charge is 0.380 e. The average Bonchev–Trinajstić information content (AvgIpc) is 2.50. The van der Waals surface area contributed by atoms with E-state index in [4.69, 9.17) is 4.74 Å². The molecular formula is C18H25NO. The van der Waals surface area contributed by atoms with Crippen LogP contribution in [-0.4, -0.2) is 19.8 Å². The van der Waals surface area contributed by atoms with Gasteiger partial charge < -0.3 is 10.1 Å². The summed E-state index contributed by atoms with van der Waals surface area (Å²) in [5, 5.41) is 6.12. The molecule has 20 heavy (non-hydrogen) atoms. The van der Waals surface area contributed by atoms with Gasteiger partial charge in [0.1, 0.15) is 0 Å². The molecule has 0 bridgehead atoms. The number of hydrogen-bond acceptors (Lipinski definition) is 2. The molecule has 0 spiro atoms. The van der Waals surface area contributed by atoms with Crippen LogP contribution in [0.5, 0.6) is 0 Å². The number of benzene rings is 2. The van der Waals surface area contributed by atoms with Gasteiger partial charge in [0.2, 0.25) is 0 Å². The van der Waals surface area contributed by atoms with Crippen molar-refractivity contribution in [2.24, 2.45) is 0 Å². The molecule has 0 saturated carbocycles. The van der Waals surface area contributed by atoms with Crippen molar-refractivity contribution in [3.05, 3.63) is 48.0 Å². The first kappa shape index (κ1) is 15.0. The monoisotopic (exact) mass is 271 g/mol. The van der Waals surface area contributed by atoms with Gasteiger partial charge in [0.05, 0.1) is 6.61 Å². The Bertz CT molecular complexity index is 524. The highest BCUT2D eigenvalue weighted by Gasteiger charge is 2.05. The van der Waals surface area contributed by atoms with E-state index in [0.717, 1.165) is 26.2 Å². The fraction of sp³-hybridized carbons (Fsp3) is 0.444. The van der Waals surface area contributed by atoms with Crippen molar-refractivity contribution in [3.63, 3.8) is 0 Å². The van der Waals surface area contributed by atoms with Gasteiger partial charge in [0.25, 0.3) is 0 Å². The first-order chi connectivity index (χ1) is 9.81. The Morgan fingerprint density at radius 3 is 2.65 bits per heavy atom. The van der Waals surface area contributed by atoms with Crippen LogP contribution in [0, 0.1) is 0 Å². The summed E-state index contributed by atoms with van der Waals surface area (Å²) in [6, 6.07) is 15.5. The van der Waals surface area contributed by atoms with Gasteiger partial charge in [-0.15, -0.1) is 0 Å². The summed E-state index contributed by atoms with van der Waals surface area (Å²) in [4.78, 5) is 0.